The Labute approximate surface area is 223 Å². The van der Waals surface area contributed by atoms with Crippen molar-refractivity contribution in [1.29, 1.82) is 0 Å². The summed E-state index contributed by atoms with van der Waals surface area (Å²) in [6, 6.07) is 0. The molecule has 1 amide bonds. The van der Waals surface area contributed by atoms with Gasteiger partial charge in [0.15, 0.2) is 0 Å². The summed E-state index contributed by atoms with van der Waals surface area (Å²) < 4.78 is 24.1. The number of likely N-dealkylation sites (N-methyl/N-ethyl adjacent to an activating group) is 1. The van der Waals surface area contributed by atoms with Crippen molar-refractivity contribution < 1.29 is 28.0 Å². The highest BCUT2D eigenvalue weighted by molar-refractivity contribution is 7.51. The summed E-state index contributed by atoms with van der Waals surface area (Å²) in [6.07, 6.45) is 18.3. The van der Waals surface area contributed by atoms with Crippen LogP contribution in [0.15, 0.2) is 0 Å². The molecule has 0 fully saturated rings. The average Bonchev–Trinajstić information content (AvgIpc) is 2.77. The molecule has 0 aromatic carbocycles. The Hall–Kier alpha value is -0.460. The molecule has 0 aliphatic rings. The minimum Gasteiger partial charge on any atom is -0.778 e. The van der Waals surface area contributed by atoms with E-state index in [4.69, 9.17) is 9.26 Å². The molecule has 216 valence electrons. The van der Waals surface area contributed by atoms with E-state index >= 15 is 0 Å². The molecule has 7 nitrogen and oxygen atoms in total. The molecular weight excluding hydrogens is 474 g/mol. The molecule has 0 rings (SSSR count). The van der Waals surface area contributed by atoms with Crippen molar-refractivity contribution in [3.63, 3.8) is 0 Å². The van der Waals surface area contributed by atoms with Gasteiger partial charge in [-0.15, -0.1) is 0 Å². The summed E-state index contributed by atoms with van der Waals surface area (Å²) in [6.45, 7) is 3.89. The van der Waals surface area contributed by atoms with Gasteiger partial charge in [-0.05, 0) is 12.3 Å². The number of ether oxygens (including phenoxy) is 1. The SMILES string of the molecule is CCCCCCCCCCCCCCCCOC[C@@H](CC(=O)N(C)C)CP(=O)([O-])OCC[N+](C)(C)[11CH3]. The maximum Gasteiger partial charge on any atom is 0.222 e. The van der Waals surface area contributed by atoms with Crippen molar-refractivity contribution in [2.45, 2.75) is 103 Å². The number of unbranched alkanes of at least 4 members (excludes halogenated alkanes) is 13. The normalized spacial score (nSPS) is 14.5. The first-order valence-corrected chi connectivity index (χ1v) is 16.2. The Kier molecular flexibility index (Phi) is 21.2. The second-order valence-corrected chi connectivity index (χ2v) is 13.5. The van der Waals surface area contributed by atoms with Crippen LogP contribution in [0.3, 0.4) is 0 Å². The van der Waals surface area contributed by atoms with Gasteiger partial charge >= 0.3 is 0 Å². The monoisotopic (exact) mass is 533 g/mol. The van der Waals surface area contributed by atoms with Crippen molar-refractivity contribution in [1.82, 2.24) is 4.90 Å². The van der Waals surface area contributed by atoms with E-state index in [0.29, 0.717) is 17.6 Å². The lowest BCUT2D eigenvalue weighted by Gasteiger charge is -2.30. The van der Waals surface area contributed by atoms with Gasteiger partial charge < -0.3 is 28.1 Å². The van der Waals surface area contributed by atoms with E-state index in [1.165, 1.54) is 81.9 Å². The minimum atomic E-state index is -4.02. The number of carbonyl (C=O) groups excluding carboxylic acids is 1. The Bertz CT molecular complexity index is 581. The lowest BCUT2D eigenvalue weighted by molar-refractivity contribution is -0.870. The zero-order chi connectivity index (χ0) is 27.3. The smallest absolute Gasteiger partial charge is 0.222 e. The third-order valence-electron chi connectivity index (χ3n) is 6.49. The first-order valence-electron chi connectivity index (χ1n) is 14.5. The molecule has 0 saturated heterocycles. The molecule has 0 heterocycles. The van der Waals surface area contributed by atoms with Crippen molar-refractivity contribution in [2.24, 2.45) is 5.92 Å². The van der Waals surface area contributed by atoms with Gasteiger partial charge in [0, 0.05) is 33.3 Å². The summed E-state index contributed by atoms with van der Waals surface area (Å²) in [5.41, 5.74) is 0. The second-order valence-electron chi connectivity index (χ2n) is 11.7. The van der Waals surface area contributed by atoms with Crippen molar-refractivity contribution >= 4 is 13.5 Å². The molecule has 0 aromatic heterocycles. The molecule has 0 bridgehead atoms. The van der Waals surface area contributed by atoms with Crippen LogP contribution in [-0.4, -0.2) is 83.1 Å². The van der Waals surface area contributed by atoms with Crippen LogP contribution in [0.5, 0.6) is 0 Å². The van der Waals surface area contributed by atoms with Gasteiger partial charge in [0.25, 0.3) is 0 Å². The van der Waals surface area contributed by atoms with Crippen molar-refractivity contribution in [2.75, 3.05) is 67.8 Å². The highest BCUT2D eigenvalue weighted by Crippen LogP contribution is 2.40. The minimum absolute atomic E-state index is 0.0912. The maximum atomic E-state index is 12.5. The molecule has 0 aromatic rings. The highest BCUT2D eigenvalue weighted by Gasteiger charge is 2.22. The van der Waals surface area contributed by atoms with Crippen LogP contribution < -0.4 is 4.89 Å². The van der Waals surface area contributed by atoms with Crippen LogP contribution in [0, 0.1) is 5.92 Å². The standard InChI is InChI=1S/C28H59N2O5P/c1-7-8-9-10-11-12-13-14-15-16-17-18-19-20-22-34-25-27(24-28(31)29(2)3)26-36(32,33)35-23-21-30(4,5)6/h27H,7-26H2,1-6H3/t27-/m1/s1/i4-1. The average molecular weight is 534 g/mol. The van der Waals surface area contributed by atoms with Crippen LogP contribution in [0.1, 0.15) is 103 Å². The maximum absolute atomic E-state index is 12.5. The molecule has 0 aliphatic carbocycles. The largest absolute Gasteiger partial charge is 0.778 e. The third kappa shape index (κ3) is 23.9. The van der Waals surface area contributed by atoms with E-state index in [1.54, 1.807) is 14.1 Å². The van der Waals surface area contributed by atoms with Crippen LogP contribution in [-0.2, 0) is 18.6 Å². The number of amides is 1. The molecule has 1 unspecified atom stereocenters. The van der Waals surface area contributed by atoms with Crippen LogP contribution >= 0.6 is 7.60 Å². The molecule has 8 heteroatoms. The zero-order valence-electron chi connectivity index (χ0n) is 24.6. The van der Waals surface area contributed by atoms with Gasteiger partial charge in [0.1, 0.15) is 20.7 Å². The molecule has 0 N–H and O–H groups in total. The van der Waals surface area contributed by atoms with Gasteiger partial charge in [-0.3, -0.25) is 4.79 Å². The molecule has 0 aliphatic heterocycles. The summed E-state index contributed by atoms with van der Waals surface area (Å²) in [4.78, 5) is 26.2. The number of quaternary nitrogens is 1. The Morgan fingerprint density at radius 2 is 1.31 bits per heavy atom. The Morgan fingerprint density at radius 3 is 1.75 bits per heavy atom. The van der Waals surface area contributed by atoms with Crippen LogP contribution in [0.2, 0.25) is 0 Å². The Balaban J connectivity index is 4.00. The third-order valence-corrected chi connectivity index (χ3v) is 8.03. The highest BCUT2D eigenvalue weighted by atomic mass is 31.2. The molecule has 36 heavy (non-hydrogen) atoms. The van der Waals surface area contributed by atoms with Gasteiger partial charge in [-0.2, -0.15) is 0 Å². The molecular formula is C28H59N2O5P. The van der Waals surface area contributed by atoms with Crippen LogP contribution in [0.25, 0.3) is 0 Å². The second kappa shape index (κ2) is 21.5. The molecule has 0 radical (unpaired) electrons. The molecule has 0 saturated carbocycles. The molecule has 0 spiro atoms. The topological polar surface area (TPSA) is 78.9 Å². The van der Waals surface area contributed by atoms with E-state index in [9.17, 15) is 14.3 Å². The summed E-state index contributed by atoms with van der Waals surface area (Å²) in [5, 5.41) is 0. The number of nitrogens with zero attached hydrogens (tertiary/aromatic N) is 2. The summed E-state index contributed by atoms with van der Waals surface area (Å²) >= 11 is 0. The van der Waals surface area contributed by atoms with Gasteiger partial charge in [0.05, 0.1) is 27.7 Å². The lowest BCUT2D eigenvalue weighted by atomic mass is 10.0. The fourth-order valence-corrected chi connectivity index (χ4v) is 5.41. The quantitative estimate of drug-likeness (QED) is 0.0835. The number of hydrogen-bond acceptors (Lipinski definition) is 5. The lowest BCUT2D eigenvalue weighted by Crippen LogP contribution is -2.37. The van der Waals surface area contributed by atoms with Crippen LogP contribution in [0.4, 0.5) is 0 Å². The van der Waals surface area contributed by atoms with Gasteiger partial charge in [-0.1, -0.05) is 90.4 Å². The van der Waals surface area contributed by atoms with E-state index in [2.05, 4.69) is 6.92 Å². The summed E-state index contributed by atoms with van der Waals surface area (Å²) in [5.74, 6) is -0.481. The van der Waals surface area contributed by atoms with Crippen molar-refractivity contribution in [3.8, 4) is 0 Å². The van der Waals surface area contributed by atoms with Gasteiger partial charge in [0.2, 0.25) is 5.91 Å². The summed E-state index contributed by atoms with van der Waals surface area (Å²) in [7, 11) is 5.31. The predicted molar refractivity (Wildman–Crippen MR) is 149 cm³/mol. The first-order chi connectivity index (χ1) is 17.0. The fourth-order valence-electron chi connectivity index (χ4n) is 4.08. The van der Waals surface area contributed by atoms with E-state index in [-0.39, 0.29) is 37.6 Å². The van der Waals surface area contributed by atoms with E-state index in [0.717, 1.165) is 12.8 Å². The Morgan fingerprint density at radius 1 is 0.833 bits per heavy atom. The van der Waals surface area contributed by atoms with E-state index < -0.39 is 7.60 Å². The first kappa shape index (κ1) is 35.5. The number of carbonyl (C=O) groups is 1. The zero-order valence-corrected chi connectivity index (χ0v) is 25.5. The van der Waals surface area contributed by atoms with Crippen molar-refractivity contribution in [3.05, 3.63) is 0 Å². The fraction of sp³-hybridized carbons (Fsp3) is 0.964. The van der Waals surface area contributed by atoms with E-state index in [1.807, 2.05) is 21.1 Å². The number of hydrogen-bond donors (Lipinski definition) is 0. The molecule has 2 atom stereocenters. The van der Waals surface area contributed by atoms with Gasteiger partial charge in [-0.25, -0.2) is 0 Å². The predicted octanol–water partition coefficient (Wildman–Crippen LogP) is 5.86. The number of rotatable bonds is 25.